The normalized spacial score (nSPS) is 24.2. The van der Waals surface area contributed by atoms with Gasteiger partial charge >= 0.3 is 13.6 Å². The lowest BCUT2D eigenvalue weighted by Gasteiger charge is -2.21. The van der Waals surface area contributed by atoms with E-state index in [1.54, 1.807) is 12.1 Å². The molecule has 1 aliphatic carbocycles. The van der Waals surface area contributed by atoms with Crippen LogP contribution in [0, 0.1) is 17.2 Å². The van der Waals surface area contributed by atoms with Gasteiger partial charge in [0.1, 0.15) is 12.2 Å². The molecule has 32 heavy (non-hydrogen) atoms. The van der Waals surface area contributed by atoms with Gasteiger partial charge in [-0.25, -0.2) is 9.78 Å². The average Bonchev–Trinajstić information content (AvgIpc) is 3.01. The first-order chi connectivity index (χ1) is 15.1. The summed E-state index contributed by atoms with van der Waals surface area (Å²) >= 11 is 0. The summed E-state index contributed by atoms with van der Waals surface area (Å²) in [5.41, 5.74) is -0.164. The van der Waals surface area contributed by atoms with Gasteiger partial charge in [0.25, 0.3) is 11.4 Å². The fourth-order valence-electron chi connectivity index (χ4n) is 3.78. The minimum Gasteiger partial charge on any atom is -0.464 e. The molecule has 3 rings (SSSR count). The van der Waals surface area contributed by atoms with Gasteiger partial charge < -0.3 is 29.5 Å². The van der Waals surface area contributed by atoms with Crippen molar-refractivity contribution in [2.75, 3.05) is 13.2 Å². The molecular formula is C19H22N3O9P. The van der Waals surface area contributed by atoms with Crippen LogP contribution >= 0.6 is 7.60 Å². The molecule has 172 valence electrons. The maximum Gasteiger partial charge on any atom is 0.365 e. The van der Waals surface area contributed by atoms with E-state index in [1.165, 1.54) is 19.3 Å². The van der Waals surface area contributed by atoms with Gasteiger partial charge in [0.05, 0.1) is 48.2 Å². The third-order valence-corrected chi connectivity index (χ3v) is 6.29. The van der Waals surface area contributed by atoms with E-state index in [-0.39, 0.29) is 24.0 Å². The molecule has 13 heteroatoms. The molecule has 2 aromatic rings. The highest BCUT2D eigenvalue weighted by molar-refractivity contribution is 7.53. The van der Waals surface area contributed by atoms with E-state index in [0.29, 0.717) is 5.52 Å². The number of aliphatic hydroxyl groups is 2. The molecule has 1 saturated carbocycles. The van der Waals surface area contributed by atoms with Crippen LogP contribution in [0.4, 0.5) is 0 Å². The largest absolute Gasteiger partial charge is 0.464 e. The standard InChI is InChI=1S/C19H22N3O9P/c1-2-30-18(26)19(32(27,28)29)31-8-11-6-13(16(24)15(11)23)22-9-21-12-5-3-4-10(7-20)14(12)17(22)25/h3-5,9,11,13,15-16,19,23-24H,2,6,8H2,1H3,(H2,27,28,29). The Hall–Kier alpha value is -2.65. The van der Waals surface area contributed by atoms with Gasteiger partial charge in [0, 0.05) is 5.92 Å². The van der Waals surface area contributed by atoms with Crippen molar-refractivity contribution < 1.29 is 38.8 Å². The Bertz CT molecular complexity index is 1150. The van der Waals surface area contributed by atoms with Gasteiger partial charge in [-0.3, -0.25) is 13.9 Å². The van der Waals surface area contributed by atoms with Crippen molar-refractivity contribution in [3.63, 3.8) is 0 Å². The van der Waals surface area contributed by atoms with Crippen molar-refractivity contribution in [3.05, 3.63) is 40.4 Å². The number of ether oxygens (including phenoxy) is 2. The first kappa shape index (κ1) is 24.0. The van der Waals surface area contributed by atoms with Gasteiger partial charge in [-0.2, -0.15) is 5.26 Å². The highest BCUT2D eigenvalue weighted by Gasteiger charge is 2.45. The summed E-state index contributed by atoms with van der Waals surface area (Å²) in [6.45, 7) is 0.861. The molecule has 5 unspecified atom stereocenters. The number of nitriles is 1. The average molecular weight is 467 g/mol. The lowest BCUT2D eigenvalue weighted by atomic mass is 10.1. The minimum atomic E-state index is -5.01. The third-order valence-electron chi connectivity index (χ3n) is 5.32. The Kier molecular flexibility index (Phi) is 7.09. The topological polar surface area (TPSA) is 192 Å². The Balaban J connectivity index is 1.85. The van der Waals surface area contributed by atoms with Crippen LogP contribution in [-0.2, 0) is 18.8 Å². The van der Waals surface area contributed by atoms with Crippen LogP contribution < -0.4 is 5.56 Å². The molecule has 4 N–H and O–H groups in total. The van der Waals surface area contributed by atoms with Gasteiger partial charge in [-0.1, -0.05) is 6.07 Å². The van der Waals surface area contributed by atoms with Crippen LogP contribution in [0.15, 0.2) is 29.3 Å². The predicted molar refractivity (Wildman–Crippen MR) is 108 cm³/mol. The van der Waals surface area contributed by atoms with Gasteiger partial charge in [-0.15, -0.1) is 0 Å². The first-order valence-corrected chi connectivity index (χ1v) is 11.4. The van der Waals surface area contributed by atoms with Crippen molar-refractivity contribution in [1.29, 1.82) is 5.26 Å². The molecule has 1 aromatic carbocycles. The molecule has 0 saturated heterocycles. The molecule has 0 bridgehead atoms. The van der Waals surface area contributed by atoms with Crippen molar-refractivity contribution in [1.82, 2.24) is 9.55 Å². The minimum absolute atomic E-state index is 0.0130. The monoisotopic (exact) mass is 467 g/mol. The Labute approximate surface area is 181 Å². The second kappa shape index (κ2) is 9.46. The van der Waals surface area contributed by atoms with Crippen LogP contribution in [0.2, 0.25) is 0 Å². The van der Waals surface area contributed by atoms with Crippen molar-refractivity contribution in [3.8, 4) is 6.07 Å². The molecule has 1 heterocycles. The Morgan fingerprint density at radius 1 is 1.38 bits per heavy atom. The molecule has 12 nitrogen and oxygen atoms in total. The van der Waals surface area contributed by atoms with E-state index in [1.807, 2.05) is 6.07 Å². The molecule has 0 amide bonds. The van der Waals surface area contributed by atoms with E-state index in [4.69, 9.17) is 4.74 Å². The second-order valence-electron chi connectivity index (χ2n) is 7.34. The molecule has 0 spiro atoms. The molecule has 0 aliphatic heterocycles. The number of carbonyl (C=O) groups excluding carboxylic acids is 1. The summed E-state index contributed by atoms with van der Waals surface area (Å²) in [4.78, 5) is 47.7. The van der Waals surface area contributed by atoms with Crippen LogP contribution in [0.1, 0.15) is 24.9 Å². The quantitative estimate of drug-likeness (QED) is 0.307. The van der Waals surface area contributed by atoms with Gasteiger partial charge in [0.2, 0.25) is 0 Å². The summed E-state index contributed by atoms with van der Waals surface area (Å²) < 4.78 is 22.4. The van der Waals surface area contributed by atoms with E-state index < -0.39 is 55.7 Å². The highest BCUT2D eigenvalue weighted by atomic mass is 31.2. The SMILES string of the molecule is CCOC(=O)C(OCC1CC(n2cnc3cccc(C#N)c3c2=O)C(O)C1O)P(=O)(O)O. The number of hydrogen-bond acceptors (Lipinski definition) is 9. The third kappa shape index (κ3) is 4.59. The molecule has 5 atom stereocenters. The summed E-state index contributed by atoms with van der Waals surface area (Å²) in [5.74, 6) is -4.27. The summed E-state index contributed by atoms with van der Waals surface area (Å²) in [5, 5.41) is 30.3. The van der Waals surface area contributed by atoms with Crippen LogP contribution in [-0.4, -0.2) is 66.8 Å². The number of fused-ring (bicyclic) bond motifs is 1. The Morgan fingerprint density at radius 2 is 2.09 bits per heavy atom. The smallest absolute Gasteiger partial charge is 0.365 e. The number of rotatable bonds is 7. The summed E-state index contributed by atoms with van der Waals surface area (Å²) in [6.07, 6.45) is -1.65. The molecule has 1 fully saturated rings. The maximum atomic E-state index is 13.0. The lowest BCUT2D eigenvalue weighted by Crippen LogP contribution is -2.35. The number of nitrogens with zero attached hydrogens (tertiary/aromatic N) is 3. The summed E-state index contributed by atoms with van der Waals surface area (Å²) in [6, 6.07) is 5.59. The van der Waals surface area contributed by atoms with Crippen molar-refractivity contribution in [2.24, 2.45) is 5.92 Å². The zero-order chi connectivity index (χ0) is 23.6. The van der Waals surface area contributed by atoms with Gasteiger partial charge in [0.15, 0.2) is 0 Å². The summed E-state index contributed by atoms with van der Waals surface area (Å²) in [7, 11) is -5.01. The Morgan fingerprint density at radius 3 is 2.72 bits per heavy atom. The fourth-order valence-corrected chi connectivity index (χ4v) is 4.41. The number of esters is 1. The maximum absolute atomic E-state index is 13.0. The molecule has 1 aliphatic rings. The lowest BCUT2D eigenvalue weighted by molar-refractivity contribution is -0.153. The molecule has 1 aromatic heterocycles. The van der Waals surface area contributed by atoms with E-state index in [0.717, 1.165) is 4.57 Å². The van der Waals surface area contributed by atoms with Crippen molar-refractivity contribution >= 4 is 24.5 Å². The zero-order valence-corrected chi connectivity index (χ0v) is 17.8. The van der Waals surface area contributed by atoms with E-state index >= 15 is 0 Å². The van der Waals surface area contributed by atoms with Crippen molar-refractivity contribution in [2.45, 2.75) is 37.4 Å². The number of hydrogen-bond donors (Lipinski definition) is 4. The zero-order valence-electron chi connectivity index (χ0n) is 16.9. The van der Waals surface area contributed by atoms with Crippen LogP contribution in [0.25, 0.3) is 10.9 Å². The predicted octanol–water partition coefficient (Wildman–Crippen LogP) is -0.366. The number of aliphatic hydroxyl groups excluding tert-OH is 2. The number of benzene rings is 1. The van der Waals surface area contributed by atoms with Crippen LogP contribution in [0.3, 0.4) is 0 Å². The van der Waals surface area contributed by atoms with Gasteiger partial charge in [-0.05, 0) is 25.5 Å². The van der Waals surface area contributed by atoms with E-state index in [9.17, 15) is 39.4 Å². The number of aromatic nitrogens is 2. The van der Waals surface area contributed by atoms with Crippen LogP contribution in [0.5, 0.6) is 0 Å². The molecular weight excluding hydrogens is 445 g/mol. The molecule has 0 radical (unpaired) electrons. The van der Waals surface area contributed by atoms with E-state index in [2.05, 4.69) is 9.72 Å². The number of carbonyl (C=O) groups is 1. The highest BCUT2D eigenvalue weighted by Crippen LogP contribution is 2.43. The first-order valence-electron chi connectivity index (χ1n) is 9.69. The fraction of sp³-hybridized carbons (Fsp3) is 0.474. The second-order valence-corrected chi connectivity index (χ2v) is 8.99.